The molecule has 1 atom stereocenters. The van der Waals surface area contributed by atoms with Gasteiger partial charge in [0, 0.05) is 37.6 Å². The number of pyridine rings is 1. The zero-order valence-electron chi connectivity index (χ0n) is 11.2. The van der Waals surface area contributed by atoms with E-state index in [1.54, 1.807) is 6.20 Å². The van der Waals surface area contributed by atoms with E-state index in [-0.39, 0.29) is 0 Å². The number of piperazine rings is 1. The molecule has 3 rings (SSSR count). The van der Waals surface area contributed by atoms with Gasteiger partial charge in [-0.2, -0.15) is 0 Å². The Morgan fingerprint density at radius 3 is 3.11 bits per heavy atom. The van der Waals surface area contributed by atoms with E-state index >= 15 is 0 Å². The number of hydrogen-bond donors (Lipinski definition) is 0. The molecule has 6 heteroatoms. The van der Waals surface area contributed by atoms with E-state index in [2.05, 4.69) is 27.4 Å². The lowest BCUT2D eigenvalue weighted by Gasteiger charge is -2.40. The van der Waals surface area contributed by atoms with Crippen LogP contribution in [-0.4, -0.2) is 47.0 Å². The zero-order chi connectivity index (χ0) is 13.4. The van der Waals surface area contributed by atoms with Crippen molar-refractivity contribution in [1.82, 2.24) is 9.29 Å². The summed E-state index contributed by atoms with van der Waals surface area (Å²) in [6.07, 6.45) is 5.19. The molecule has 2 aliphatic heterocycles. The molecular formula is C13H18ClN3S2. The van der Waals surface area contributed by atoms with Gasteiger partial charge in [-0.1, -0.05) is 23.5 Å². The molecule has 0 unspecified atom stereocenters. The Hall–Kier alpha value is -0.100. The summed E-state index contributed by atoms with van der Waals surface area (Å²) in [5.41, 5.74) is 1.18. The normalized spacial score (nSPS) is 23.7. The highest BCUT2D eigenvalue weighted by Gasteiger charge is 2.32. The highest BCUT2D eigenvalue weighted by molar-refractivity contribution is 7.99. The van der Waals surface area contributed by atoms with Crippen LogP contribution in [-0.2, 0) is 0 Å². The third kappa shape index (κ3) is 2.58. The number of fused-ring (bicyclic) bond motifs is 3. The fraction of sp³-hybridized carbons (Fsp3) is 0.615. The van der Waals surface area contributed by atoms with E-state index in [1.165, 1.54) is 16.9 Å². The second kappa shape index (κ2) is 5.72. The molecule has 1 saturated heterocycles. The molecular weight excluding hydrogens is 298 g/mol. The highest BCUT2D eigenvalue weighted by Crippen LogP contribution is 2.40. The van der Waals surface area contributed by atoms with Crippen LogP contribution in [0.25, 0.3) is 0 Å². The quantitative estimate of drug-likeness (QED) is 0.738. The van der Waals surface area contributed by atoms with Gasteiger partial charge in [-0.25, -0.2) is 9.29 Å². The van der Waals surface area contributed by atoms with Gasteiger partial charge in [-0.3, -0.25) is 0 Å². The molecule has 1 aromatic rings. The van der Waals surface area contributed by atoms with Crippen LogP contribution in [0.4, 0.5) is 5.82 Å². The van der Waals surface area contributed by atoms with Crippen LogP contribution in [0.15, 0.2) is 11.1 Å². The van der Waals surface area contributed by atoms with E-state index in [0.717, 1.165) is 36.2 Å². The lowest BCUT2D eigenvalue weighted by molar-refractivity contribution is 0.355. The average Bonchev–Trinajstić information content (AvgIpc) is 2.61. The Bertz CT molecular complexity index is 483. The largest absolute Gasteiger partial charge is 0.350 e. The highest BCUT2D eigenvalue weighted by atomic mass is 35.5. The molecule has 0 saturated carbocycles. The van der Waals surface area contributed by atoms with Crippen molar-refractivity contribution in [3.05, 3.63) is 16.8 Å². The van der Waals surface area contributed by atoms with Gasteiger partial charge < -0.3 is 4.90 Å². The Labute approximate surface area is 128 Å². The van der Waals surface area contributed by atoms with Crippen molar-refractivity contribution in [2.24, 2.45) is 0 Å². The summed E-state index contributed by atoms with van der Waals surface area (Å²) in [7, 11) is 0. The van der Waals surface area contributed by atoms with Gasteiger partial charge in [0.05, 0.1) is 9.92 Å². The Balaban J connectivity index is 1.96. The van der Waals surface area contributed by atoms with Gasteiger partial charge in [0.2, 0.25) is 0 Å². The Morgan fingerprint density at radius 1 is 1.47 bits per heavy atom. The maximum absolute atomic E-state index is 6.21. The van der Waals surface area contributed by atoms with E-state index in [4.69, 9.17) is 11.6 Å². The number of aromatic nitrogens is 1. The molecule has 0 bridgehead atoms. The summed E-state index contributed by atoms with van der Waals surface area (Å²) in [5.74, 6) is 2.30. The van der Waals surface area contributed by atoms with Crippen molar-refractivity contribution >= 4 is 41.1 Å². The number of halogens is 1. The summed E-state index contributed by atoms with van der Waals surface area (Å²) in [6, 6.07) is 0.586. The van der Waals surface area contributed by atoms with Crippen molar-refractivity contribution < 1.29 is 0 Å². The lowest BCUT2D eigenvalue weighted by atomic mass is 10.1. The average molecular weight is 316 g/mol. The summed E-state index contributed by atoms with van der Waals surface area (Å²) < 4.78 is 2.46. The van der Waals surface area contributed by atoms with Gasteiger partial charge in [-0.15, -0.1) is 11.8 Å². The minimum atomic E-state index is 0.586. The molecule has 104 valence electrons. The van der Waals surface area contributed by atoms with Gasteiger partial charge >= 0.3 is 0 Å². The summed E-state index contributed by atoms with van der Waals surface area (Å²) in [5, 5.41) is 0.785. The van der Waals surface area contributed by atoms with Crippen molar-refractivity contribution in [2.75, 3.05) is 36.5 Å². The van der Waals surface area contributed by atoms with Crippen molar-refractivity contribution in [2.45, 2.75) is 24.3 Å². The molecule has 3 nitrogen and oxygen atoms in total. The second-order valence-electron chi connectivity index (χ2n) is 4.94. The third-order valence-corrected chi connectivity index (χ3v) is 6.32. The van der Waals surface area contributed by atoms with Gasteiger partial charge in [-0.05, 0) is 25.2 Å². The standard InChI is InChI=1S/C13H18ClN3S2/c1-9-11(14)7-15-13-12(9)19-6-3-10-8-16(18-2)4-5-17(10)13/h7,10H,3-6,8H2,1-2H3/t10-/m1/s1. The molecule has 2 aliphatic rings. The fourth-order valence-electron chi connectivity index (χ4n) is 2.74. The molecule has 0 amide bonds. The van der Waals surface area contributed by atoms with Crippen LogP contribution >= 0.6 is 35.3 Å². The first-order valence-corrected chi connectivity index (χ1v) is 9.09. The SMILES string of the molecule is CSN1CCN2c3ncc(Cl)c(C)c3SCC[C@@H]2C1. The van der Waals surface area contributed by atoms with E-state index in [9.17, 15) is 0 Å². The first-order chi connectivity index (χ1) is 9.20. The molecule has 19 heavy (non-hydrogen) atoms. The van der Waals surface area contributed by atoms with E-state index < -0.39 is 0 Å². The van der Waals surface area contributed by atoms with Crippen LogP contribution in [0, 0.1) is 6.92 Å². The number of thioether (sulfide) groups is 1. The number of nitrogens with zero attached hydrogens (tertiary/aromatic N) is 3. The molecule has 1 fully saturated rings. The Kier molecular flexibility index (Phi) is 4.17. The first kappa shape index (κ1) is 13.9. The van der Waals surface area contributed by atoms with Gasteiger partial charge in [0.1, 0.15) is 5.82 Å². The monoisotopic (exact) mass is 315 g/mol. The molecule has 0 spiro atoms. The van der Waals surface area contributed by atoms with Crippen LogP contribution in [0.1, 0.15) is 12.0 Å². The van der Waals surface area contributed by atoms with Gasteiger partial charge in [0.25, 0.3) is 0 Å². The first-order valence-electron chi connectivity index (χ1n) is 6.54. The number of rotatable bonds is 1. The minimum absolute atomic E-state index is 0.586. The summed E-state index contributed by atoms with van der Waals surface area (Å²) in [6.45, 7) is 5.40. The van der Waals surface area contributed by atoms with Crippen LogP contribution in [0.3, 0.4) is 0 Å². The maximum atomic E-state index is 6.21. The molecule has 0 radical (unpaired) electrons. The van der Waals surface area contributed by atoms with E-state index in [0.29, 0.717) is 6.04 Å². The topological polar surface area (TPSA) is 19.4 Å². The van der Waals surface area contributed by atoms with E-state index in [1.807, 2.05) is 23.7 Å². The molecule has 0 N–H and O–H groups in total. The maximum Gasteiger partial charge on any atom is 0.142 e. The number of anilines is 1. The summed E-state index contributed by atoms with van der Waals surface area (Å²) in [4.78, 5) is 8.40. The summed E-state index contributed by atoms with van der Waals surface area (Å²) >= 11 is 9.98. The minimum Gasteiger partial charge on any atom is -0.350 e. The van der Waals surface area contributed by atoms with Gasteiger partial charge in [0.15, 0.2) is 0 Å². The number of hydrogen-bond acceptors (Lipinski definition) is 5. The van der Waals surface area contributed by atoms with Crippen molar-refractivity contribution in [3.63, 3.8) is 0 Å². The molecule has 0 aliphatic carbocycles. The molecule has 0 aromatic carbocycles. The predicted molar refractivity (Wildman–Crippen MR) is 85.5 cm³/mol. The fourth-order valence-corrected chi connectivity index (χ4v) is 4.75. The van der Waals surface area contributed by atoms with Crippen LogP contribution in [0.5, 0.6) is 0 Å². The second-order valence-corrected chi connectivity index (χ2v) is 7.33. The van der Waals surface area contributed by atoms with Crippen LogP contribution in [0.2, 0.25) is 5.02 Å². The lowest BCUT2D eigenvalue weighted by Crippen LogP contribution is -2.51. The molecule has 1 aromatic heterocycles. The Morgan fingerprint density at radius 2 is 2.32 bits per heavy atom. The predicted octanol–water partition coefficient (Wildman–Crippen LogP) is 3.31. The zero-order valence-corrected chi connectivity index (χ0v) is 13.6. The smallest absolute Gasteiger partial charge is 0.142 e. The third-order valence-electron chi connectivity index (χ3n) is 3.88. The van der Waals surface area contributed by atoms with Crippen molar-refractivity contribution in [1.29, 1.82) is 0 Å². The van der Waals surface area contributed by atoms with Crippen molar-refractivity contribution in [3.8, 4) is 0 Å². The molecule has 3 heterocycles. The van der Waals surface area contributed by atoms with Crippen LogP contribution < -0.4 is 4.90 Å².